The van der Waals surface area contributed by atoms with Gasteiger partial charge >= 0.3 is 5.97 Å². The molecule has 5 heteroatoms. The third-order valence-corrected chi connectivity index (χ3v) is 4.82. The molecule has 0 aromatic heterocycles. The lowest BCUT2D eigenvalue weighted by atomic mass is 9.78. The lowest BCUT2D eigenvalue weighted by Crippen LogP contribution is -2.30. The average Bonchev–Trinajstić information content (AvgIpc) is 2.93. The molecule has 0 spiro atoms. The molecule has 0 aromatic rings. The number of hydrogen-bond acceptors (Lipinski definition) is 4. The fourth-order valence-electron chi connectivity index (χ4n) is 3.04. The van der Waals surface area contributed by atoms with E-state index in [0.717, 1.165) is 30.8 Å². The average molecular weight is 272 g/mol. The highest BCUT2D eigenvalue weighted by Gasteiger charge is 2.47. The van der Waals surface area contributed by atoms with Crippen LogP contribution in [0.5, 0.6) is 0 Å². The number of aliphatic hydroxyl groups is 1. The van der Waals surface area contributed by atoms with E-state index >= 15 is 0 Å². The molecule has 0 amide bonds. The number of carbonyl (C=O) groups is 1. The van der Waals surface area contributed by atoms with E-state index in [-0.39, 0.29) is 12.7 Å². The zero-order valence-corrected chi connectivity index (χ0v) is 11.1. The van der Waals surface area contributed by atoms with Gasteiger partial charge in [0.2, 0.25) is 0 Å². The fraction of sp³-hybridized carbons (Fsp3) is 0.769. The Balaban J connectivity index is 1.66. The van der Waals surface area contributed by atoms with Gasteiger partial charge in [0.25, 0.3) is 0 Å². The molecule has 4 nitrogen and oxygen atoms in total. The zero-order valence-electron chi connectivity index (χ0n) is 10.3. The Morgan fingerprint density at radius 3 is 2.72 bits per heavy atom. The first-order valence-electron chi connectivity index (χ1n) is 6.46. The van der Waals surface area contributed by atoms with Crippen LogP contribution in [0, 0.1) is 11.8 Å². The van der Waals surface area contributed by atoms with Crippen molar-refractivity contribution in [3.8, 4) is 0 Å². The van der Waals surface area contributed by atoms with Crippen LogP contribution in [0.4, 0.5) is 0 Å². The number of aliphatic carboxylic acids is 1. The van der Waals surface area contributed by atoms with Crippen molar-refractivity contribution in [1.29, 1.82) is 0 Å². The van der Waals surface area contributed by atoms with Crippen LogP contribution in [0.15, 0.2) is 12.2 Å². The minimum absolute atomic E-state index is 0.232. The SMILES string of the molecule is O=C(O)C=CCSCC[C@@H]1[C@H](CO)[C@@H]2CC[C@H]1O2. The topological polar surface area (TPSA) is 66.8 Å². The summed E-state index contributed by atoms with van der Waals surface area (Å²) in [5.41, 5.74) is 0. The Kier molecular flexibility index (Phi) is 5.09. The van der Waals surface area contributed by atoms with Crippen molar-refractivity contribution < 1.29 is 19.7 Å². The molecule has 2 heterocycles. The molecular weight excluding hydrogens is 252 g/mol. The van der Waals surface area contributed by atoms with Gasteiger partial charge in [-0.05, 0) is 30.9 Å². The maximum atomic E-state index is 10.3. The highest BCUT2D eigenvalue weighted by Crippen LogP contribution is 2.44. The highest BCUT2D eigenvalue weighted by molar-refractivity contribution is 7.99. The van der Waals surface area contributed by atoms with Gasteiger partial charge in [-0.15, -0.1) is 0 Å². The molecule has 0 radical (unpaired) electrons. The van der Waals surface area contributed by atoms with Gasteiger partial charge in [0.1, 0.15) is 0 Å². The van der Waals surface area contributed by atoms with Crippen molar-refractivity contribution >= 4 is 17.7 Å². The highest BCUT2D eigenvalue weighted by atomic mass is 32.2. The molecule has 2 rings (SSSR count). The van der Waals surface area contributed by atoms with Gasteiger partial charge in [-0.1, -0.05) is 6.08 Å². The minimum atomic E-state index is -0.891. The lowest BCUT2D eigenvalue weighted by Gasteiger charge is -2.26. The van der Waals surface area contributed by atoms with E-state index < -0.39 is 5.97 Å². The number of aliphatic hydroxyl groups excluding tert-OH is 1. The second-order valence-electron chi connectivity index (χ2n) is 4.90. The number of fused-ring (bicyclic) bond motifs is 2. The smallest absolute Gasteiger partial charge is 0.328 e. The number of carboxylic acid groups (broad SMARTS) is 1. The number of thioether (sulfide) groups is 1. The van der Waals surface area contributed by atoms with Crippen molar-refractivity contribution in [2.75, 3.05) is 18.1 Å². The standard InChI is InChI=1S/C13H20O4S/c14-8-10-9(11-3-4-12(10)17-11)5-7-18-6-1-2-13(15)16/h1-2,9-12,14H,3-8H2,(H,15,16)/t9-,10+,11-,12+/m1/s1. The monoisotopic (exact) mass is 272 g/mol. The molecule has 102 valence electrons. The first kappa shape index (κ1) is 13.9. The van der Waals surface area contributed by atoms with E-state index in [2.05, 4.69) is 0 Å². The van der Waals surface area contributed by atoms with Gasteiger partial charge in [-0.3, -0.25) is 0 Å². The summed E-state index contributed by atoms with van der Waals surface area (Å²) in [6.45, 7) is 0.232. The van der Waals surface area contributed by atoms with E-state index in [1.807, 2.05) is 0 Å². The van der Waals surface area contributed by atoms with Crippen molar-refractivity contribution in [2.45, 2.75) is 31.5 Å². The molecule has 18 heavy (non-hydrogen) atoms. The summed E-state index contributed by atoms with van der Waals surface area (Å²) in [5.74, 6) is 1.65. The Labute approximate surface area is 111 Å². The molecule has 0 aliphatic carbocycles. The predicted molar refractivity (Wildman–Crippen MR) is 70.7 cm³/mol. The Bertz CT molecular complexity index is 318. The summed E-state index contributed by atoms with van der Waals surface area (Å²) < 4.78 is 5.84. The quantitative estimate of drug-likeness (QED) is 0.543. The molecule has 0 unspecified atom stereocenters. The summed E-state index contributed by atoms with van der Waals surface area (Å²) in [6, 6.07) is 0. The molecular formula is C13H20O4S. The fourth-order valence-corrected chi connectivity index (χ4v) is 3.88. The molecule has 2 bridgehead atoms. The van der Waals surface area contributed by atoms with Crippen LogP contribution in [-0.4, -0.2) is 46.5 Å². The minimum Gasteiger partial charge on any atom is -0.478 e. The molecule has 4 atom stereocenters. The van der Waals surface area contributed by atoms with E-state index in [0.29, 0.717) is 17.9 Å². The third kappa shape index (κ3) is 3.28. The second-order valence-corrected chi connectivity index (χ2v) is 6.05. The first-order chi connectivity index (χ1) is 8.72. The summed E-state index contributed by atoms with van der Waals surface area (Å²) in [4.78, 5) is 10.3. The summed E-state index contributed by atoms with van der Waals surface area (Å²) in [6.07, 6.45) is 6.77. The van der Waals surface area contributed by atoms with Crippen LogP contribution < -0.4 is 0 Å². The maximum absolute atomic E-state index is 10.3. The summed E-state index contributed by atoms with van der Waals surface area (Å²) in [5, 5.41) is 17.8. The lowest BCUT2D eigenvalue weighted by molar-refractivity contribution is -0.131. The number of ether oxygens (including phenoxy) is 1. The van der Waals surface area contributed by atoms with Crippen LogP contribution in [0.1, 0.15) is 19.3 Å². The molecule has 2 saturated heterocycles. The van der Waals surface area contributed by atoms with Crippen molar-refractivity contribution in [3.63, 3.8) is 0 Å². The third-order valence-electron chi connectivity index (χ3n) is 3.87. The first-order valence-corrected chi connectivity index (χ1v) is 7.61. The van der Waals surface area contributed by atoms with Crippen molar-refractivity contribution in [2.24, 2.45) is 11.8 Å². The van der Waals surface area contributed by atoms with Gasteiger partial charge in [-0.25, -0.2) is 4.79 Å². The second kappa shape index (κ2) is 6.59. The van der Waals surface area contributed by atoms with Crippen LogP contribution in [0.2, 0.25) is 0 Å². The Morgan fingerprint density at radius 2 is 2.06 bits per heavy atom. The Hall–Kier alpha value is -0.520. The van der Waals surface area contributed by atoms with Gasteiger partial charge in [0.05, 0.1) is 12.2 Å². The van der Waals surface area contributed by atoms with Crippen LogP contribution in [0.3, 0.4) is 0 Å². The van der Waals surface area contributed by atoms with Crippen LogP contribution in [0.25, 0.3) is 0 Å². The van der Waals surface area contributed by atoms with Gasteiger partial charge in [-0.2, -0.15) is 11.8 Å². The molecule has 0 saturated carbocycles. The van der Waals surface area contributed by atoms with Gasteiger partial charge < -0.3 is 14.9 Å². The van der Waals surface area contributed by atoms with E-state index in [1.54, 1.807) is 17.8 Å². The van der Waals surface area contributed by atoms with E-state index in [4.69, 9.17) is 9.84 Å². The van der Waals surface area contributed by atoms with E-state index in [1.165, 1.54) is 6.08 Å². The number of hydrogen-bond donors (Lipinski definition) is 2. The van der Waals surface area contributed by atoms with Gasteiger partial charge in [0, 0.05) is 24.4 Å². The van der Waals surface area contributed by atoms with Crippen LogP contribution >= 0.6 is 11.8 Å². The molecule has 2 aliphatic heterocycles. The number of carboxylic acids is 1. The maximum Gasteiger partial charge on any atom is 0.328 e. The van der Waals surface area contributed by atoms with Crippen LogP contribution in [-0.2, 0) is 9.53 Å². The Morgan fingerprint density at radius 1 is 1.33 bits per heavy atom. The van der Waals surface area contributed by atoms with Gasteiger partial charge in [0.15, 0.2) is 0 Å². The van der Waals surface area contributed by atoms with Crippen molar-refractivity contribution in [1.82, 2.24) is 0 Å². The summed E-state index contributed by atoms with van der Waals surface area (Å²) in [7, 11) is 0. The normalized spacial score (nSPS) is 34.5. The molecule has 2 fully saturated rings. The summed E-state index contributed by atoms with van der Waals surface area (Å²) >= 11 is 1.73. The number of rotatable bonds is 7. The molecule has 0 aromatic carbocycles. The zero-order chi connectivity index (χ0) is 13.0. The molecule has 2 N–H and O–H groups in total. The largest absolute Gasteiger partial charge is 0.478 e. The predicted octanol–water partition coefficient (Wildman–Crippen LogP) is 1.54. The van der Waals surface area contributed by atoms with E-state index in [9.17, 15) is 9.90 Å². The molecule has 2 aliphatic rings. The van der Waals surface area contributed by atoms with Crippen molar-refractivity contribution in [3.05, 3.63) is 12.2 Å².